The molecule has 0 atom stereocenters. The van der Waals surface area contributed by atoms with Crippen LogP contribution in [-0.2, 0) is 4.79 Å². The van der Waals surface area contributed by atoms with Crippen LogP contribution >= 0.6 is 45.3 Å². The Kier molecular flexibility index (Phi) is 32.9. The second-order valence-electron chi connectivity index (χ2n) is 3.94. The summed E-state index contributed by atoms with van der Waals surface area (Å²) in [7, 11) is 0. The van der Waals surface area contributed by atoms with Crippen LogP contribution in [-0.4, -0.2) is 46.8 Å². The van der Waals surface area contributed by atoms with Crippen LogP contribution in [0.4, 0.5) is 20.5 Å². The van der Waals surface area contributed by atoms with Crippen LogP contribution in [0.15, 0.2) is 37.7 Å². The Bertz CT molecular complexity index is 1040. The summed E-state index contributed by atoms with van der Waals surface area (Å²) < 4.78 is 0. The van der Waals surface area contributed by atoms with E-state index in [1.807, 2.05) is 0 Å². The number of nitrogens with two attached hydrogens (primary N) is 1. The van der Waals surface area contributed by atoms with Gasteiger partial charge in [0.1, 0.15) is 27.1 Å². The maximum atomic E-state index is 8.89. The predicted octanol–water partition coefficient (Wildman–Crippen LogP) is -3.71. The number of aromatic nitrogens is 8. The molecule has 25 heteroatoms. The molecule has 0 aliphatic carbocycles. The predicted molar refractivity (Wildman–Crippen MR) is 124 cm³/mol. The minimum Gasteiger partial charge on any atom is -0.550 e. The first kappa shape index (κ1) is 40.9. The Hall–Kier alpha value is -2.27. The summed E-state index contributed by atoms with van der Waals surface area (Å²) in [6.07, 6.45) is 0. The zero-order valence-corrected chi connectivity index (χ0v) is 25.2. The van der Waals surface area contributed by atoms with Gasteiger partial charge in [-0.25, -0.2) is 5.43 Å². The molecule has 19 nitrogen and oxygen atoms in total. The molecule has 0 saturated heterocycles. The Morgan fingerprint density at radius 2 is 1.50 bits per heavy atom. The summed E-state index contributed by atoms with van der Waals surface area (Å²) in [5, 5.41) is 63.5. The Morgan fingerprint density at radius 1 is 1.00 bits per heavy atom. The van der Waals surface area contributed by atoms with E-state index in [-0.39, 0.29) is 66.5 Å². The summed E-state index contributed by atoms with van der Waals surface area (Å²) in [4.78, 5) is 19.7. The third-order valence-corrected chi connectivity index (χ3v) is 4.07. The van der Waals surface area contributed by atoms with Crippen LogP contribution in [0.2, 0.25) is 0 Å². The van der Waals surface area contributed by atoms with E-state index in [4.69, 9.17) is 31.1 Å². The van der Waals surface area contributed by atoms with Crippen LogP contribution < -0.4 is 75.4 Å². The Morgan fingerprint density at radius 3 is 1.83 bits per heavy atom. The number of rotatable bonds is 3. The van der Waals surface area contributed by atoms with Crippen molar-refractivity contribution >= 4 is 71.8 Å². The second-order valence-corrected chi connectivity index (χ2v) is 7.26. The molecule has 0 saturated carbocycles. The van der Waals surface area contributed by atoms with Crippen molar-refractivity contribution in [2.24, 2.45) is 15.7 Å². The van der Waals surface area contributed by atoms with Crippen molar-refractivity contribution in [2.75, 3.05) is 11.2 Å². The molecule has 0 fully saturated rings. The van der Waals surface area contributed by atoms with Gasteiger partial charge in [-0.1, -0.05) is 51.8 Å². The SMILES string of the molecule is C.CC(=O)[O-].N#[N+]c1nncs1.Nc1nncs1.O=N[O-].[Na+].[Na+].c1nnc(N=NNc2nncs2)s1. The van der Waals surface area contributed by atoms with Gasteiger partial charge in [0.15, 0.2) is 0 Å². The number of nitrogens with one attached hydrogen (secondary N) is 1. The van der Waals surface area contributed by atoms with Gasteiger partial charge >= 0.3 is 64.2 Å². The van der Waals surface area contributed by atoms with Crippen molar-refractivity contribution < 1.29 is 69.0 Å². The smallest absolute Gasteiger partial charge is 0.550 e. The molecule has 0 amide bonds. The molecule has 0 radical (unpaired) electrons. The molecular formula is C11H14N15Na2O4S4+. The Balaban J connectivity index is -0.000000193. The van der Waals surface area contributed by atoms with E-state index in [9.17, 15) is 0 Å². The summed E-state index contributed by atoms with van der Waals surface area (Å²) in [6.45, 7) is 0.972. The number of carbonyl (C=O) groups is 1. The van der Waals surface area contributed by atoms with E-state index in [1.54, 1.807) is 16.5 Å². The molecular weight excluding hydrogens is 580 g/mol. The topological polar surface area (TPSA) is 287 Å². The van der Waals surface area contributed by atoms with E-state index in [0.717, 1.165) is 12.3 Å². The molecule has 0 bridgehead atoms. The molecule has 0 aliphatic rings. The molecule has 0 unspecified atom stereocenters. The summed E-state index contributed by atoms with van der Waals surface area (Å²) in [5.74, 6) is -1.08. The normalized spacial score (nSPS) is 7.89. The maximum absolute atomic E-state index is 8.89. The molecule has 0 aliphatic heterocycles. The van der Waals surface area contributed by atoms with Crippen molar-refractivity contribution in [1.82, 2.24) is 40.8 Å². The first-order chi connectivity index (χ1) is 15.9. The number of carboxylic acid groups (broad SMARTS) is 1. The van der Waals surface area contributed by atoms with E-state index < -0.39 is 5.97 Å². The second kappa shape index (κ2) is 29.0. The van der Waals surface area contributed by atoms with Gasteiger partial charge in [0.25, 0.3) is 5.13 Å². The summed E-state index contributed by atoms with van der Waals surface area (Å²) in [5.41, 5.74) is 14.0. The summed E-state index contributed by atoms with van der Waals surface area (Å²) in [6, 6.07) is 0. The van der Waals surface area contributed by atoms with Gasteiger partial charge in [0.05, 0.1) is 5.39 Å². The maximum Gasteiger partial charge on any atom is 1.00 e. The molecule has 4 aromatic rings. The molecule has 4 heterocycles. The van der Waals surface area contributed by atoms with Gasteiger partial charge in [-0.05, 0) is 23.4 Å². The van der Waals surface area contributed by atoms with Gasteiger partial charge in [-0.15, -0.1) is 35.9 Å². The van der Waals surface area contributed by atoms with Gasteiger partial charge in [-0.2, -0.15) is 0 Å². The standard InChI is InChI=1S/C4H3N7S2.C2HN4S.C2H3N3S.C2H4O2.CH4.HNO2.2Na/c1-5-7-3(12-1)9-11-10-4-8-6-2-13-4;3-5-2-6-4-1-7-2;3-2-5-4-1-6-2;1-2(3)4;;2-1-3;;/h1-2H,(H,7,8,9,10);1H;1H,(H2,3,5);1H3,(H,3,4);1H4;(H,2,3);;/q;+1;;;;;2*+1/p-2. The van der Waals surface area contributed by atoms with Crippen LogP contribution in [0.1, 0.15) is 14.4 Å². The molecule has 0 aromatic carbocycles. The molecule has 182 valence electrons. The number of nitrogens with zero attached hydrogens (tertiary/aromatic N) is 13. The van der Waals surface area contributed by atoms with Crippen LogP contribution in [0.25, 0.3) is 4.98 Å². The van der Waals surface area contributed by atoms with E-state index in [0.29, 0.717) is 20.5 Å². The van der Waals surface area contributed by atoms with Crippen molar-refractivity contribution in [3.63, 3.8) is 0 Å². The number of nitrogen functional groups attached to an aromatic ring is 1. The van der Waals surface area contributed by atoms with Gasteiger partial charge in [0, 0.05) is 10.9 Å². The van der Waals surface area contributed by atoms with Crippen LogP contribution in [0, 0.1) is 15.5 Å². The fourth-order valence-electron chi connectivity index (χ4n) is 0.936. The quantitative estimate of drug-likeness (QED) is 0.0758. The van der Waals surface area contributed by atoms with Crippen LogP contribution in [0.3, 0.4) is 0 Å². The van der Waals surface area contributed by atoms with Crippen molar-refractivity contribution in [3.8, 4) is 0 Å². The zero-order valence-electron chi connectivity index (χ0n) is 18.0. The molecule has 4 rings (SSSR count). The summed E-state index contributed by atoms with van der Waals surface area (Å²) >= 11 is 5.16. The minimum atomic E-state index is -1.08. The van der Waals surface area contributed by atoms with Gasteiger partial charge in [0.2, 0.25) is 10.3 Å². The number of carbonyl (C=O) groups excluding carboxylic acids is 1. The van der Waals surface area contributed by atoms with Crippen LogP contribution in [0.5, 0.6) is 0 Å². The largest absolute Gasteiger partial charge is 1.00 e. The van der Waals surface area contributed by atoms with Gasteiger partial charge < -0.3 is 25.7 Å². The third-order valence-electron chi connectivity index (χ3n) is 1.80. The van der Waals surface area contributed by atoms with E-state index >= 15 is 0 Å². The number of diazo groups is 1. The van der Waals surface area contributed by atoms with E-state index in [2.05, 4.69) is 61.5 Å². The number of carboxylic acids is 1. The number of hydrogen-bond donors (Lipinski definition) is 2. The van der Waals surface area contributed by atoms with E-state index in [1.165, 1.54) is 50.9 Å². The molecule has 36 heavy (non-hydrogen) atoms. The zero-order chi connectivity index (χ0) is 24.7. The fraction of sp³-hybridized carbons (Fsp3) is 0.182. The van der Waals surface area contributed by atoms with Crippen molar-refractivity contribution in [1.29, 1.82) is 5.39 Å². The first-order valence-electron chi connectivity index (χ1n) is 7.37. The molecule has 4 aromatic heterocycles. The first-order valence-corrected chi connectivity index (χ1v) is 10.9. The van der Waals surface area contributed by atoms with Crippen molar-refractivity contribution in [2.45, 2.75) is 14.4 Å². The Labute approximate surface area is 262 Å². The van der Waals surface area contributed by atoms with Crippen molar-refractivity contribution in [3.05, 3.63) is 37.1 Å². The average Bonchev–Trinajstić information content (AvgIpc) is 3.57. The van der Waals surface area contributed by atoms with Gasteiger partial charge in [-0.3, -0.25) is 0 Å². The number of anilines is 2. The fourth-order valence-corrected chi connectivity index (χ4v) is 2.31. The molecule has 0 spiro atoms. The number of aliphatic carboxylic acids is 1. The average molecular weight is 595 g/mol. The molecule has 3 N–H and O–H groups in total. The monoisotopic (exact) mass is 594 g/mol. The minimum absolute atomic E-state index is 0. The number of hydrogen-bond acceptors (Lipinski definition) is 21. The third kappa shape index (κ3) is 26.3.